The maximum atomic E-state index is 12.7. The summed E-state index contributed by atoms with van der Waals surface area (Å²) in [6.07, 6.45) is 0. The first-order valence-corrected chi connectivity index (χ1v) is 9.44. The summed E-state index contributed by atoms with van der Waals surface area (Å²) < 4.78 is 21.7. The topological polar surface area (TPSA) is 70.8 Å². The van der Waals surface area contributed by atoms with Crippen molar-refractivity contribution in [2.45, 2.75) is 13.5 Å². The Morgan fingerprint density at radius 1 is 0.967 bits per heavy atom. The van der Waals surface area contributed by atoms with Crippen LogP contribution in [-0.4, -0.2) is 25.3 Å². The maximum Gasteiger partial charge on any atom is 0.338 e. The standard InChI is InChI=1S/C24H21NO5/c1-15-11-21(27-2)22(28-3)13-18(15)14-29-24(26)17-9-10-20-19(12-17)23(30-25-20)16-7-5-4-6-8-16/h4-13H,14H2,1-3H3. The number of aromatic nitrogens is 1. The van der Waals surface area contributed by atoms with Gasteiger partial charge in [-0.25, -0.2) is 4.79 Å². The van der Waals surface area contributed by atoms with Crippen LogP contribution in [0.1, 0.15) is 21.5 Å². The molecule has 0 amide bonds. The van der Waals surface area contributed by atoms with Crippen LogP contribution in [0, 0.1) is 6.92 Å². The number of methoxy groups -OCH3 is 2. The molecule has 0 unspecified atom stereocenters. The van der Waals surface area contributed by atoms with Crippen LogP contribution < -0.4 is 9.47 Å². The average molecular weight is 403 g/mol. The van der Waals surface area contributed by atoms with E-state index >= 15 is 0 Å². The predicted octanol–water partition coefficient (Wildman–Crippen LogP) is 5.18. The molecule has 0 saturated carbocycles. The Kier molecular flexibility index (Phi) is 5.39. The van der Waals surface area contributed by atoms with Gasteiger partial charge < -0.3 is 18.7 Å². The molecule has 0 spiro atoms. The van der Waals surface area contributed by atoms with Gasteiger partial charge in [-0.2, -0.15) is 0 Å². The van der Waals surface area contributed by atoms with E-state index in [2.05, 4.69) is 5.16 Å². The Balaban J connectivity index is 1.57. The van der Waals surface area contributed by atoms with E-state index in [1.165, 1.54) is 0 Å². The second-order valence-corrected chi connectivity index (χ2v) is 6.82. The van der Waals surface area contributed by atoms with E-state index in [1.54, 1.807) is 32.4 Å². The van der Waals surface area contributed by atoms with Crippen LogP contribution in [-0.2, 0) is 11.3 Å². The maximum absolute atomic E-state index is 12.7. The summed E-state index contributed by atoms with van der Waals surface area (Å²) in [5.41, 5.74) is 3.80. The molecule has 6 heteroatoms. The number of nitrogens with zero attached hydrogens (tertiary/aromatic N) is 1. The normalized spacial score (nSPS) is 10.8. The molecule has 0 fully saturated rings. The number of carbonyl (C=O) groups is 1. The van der Waals surface area contributed by atoms with Gasteiger partial charge in [-0.15, -0.1) is 0 Å². The van der Waals surface area contributed by atoms with E-state index in [-0.39, 0.29) is 6.61 Å². The third-order valence-corrected chi connectivity index (χ3v) is 4.95. The lowest BCUT2D eigenvalue weighted by Crippen LogP contribution is -2.06. The van der Waals surface area contributed by atoms with Crippen LogP contribution in [0.5, 0.6) is 11.5 Å². The molecule has 0 aliphatic carbocycles. The highest BCUT2D eigenvalue weighted by Gasteiger charge is 2.16. The highest BCUT2D eigenvalue weighted by Crippen LogP contribution is 2.31. The molecule has 0 aliphatic heterocycles. The summed E-state index contributed by atoms with van der Waals surface area (Å²) in [6, 6.07) is 18.5. The van der Waals surface area contributed by atoms with Crippen molar-refractivity contribution in [3.63, 3.8) is 0 Å². The third-order valence-electron chi connectivity index (χ3n) is 4.95. The summed E-state index contributed by atoms with van der Waals surface area (Å²) in [7, 11) is 3.16. The molecule has 0 N–H and O–H groups in total. The van der Waals surface area contributed by atoms with Gasteiger partial charge in [-0.1, -0.05) is 35.5 Å². The van der Waals surface area contributed by atoms with E-state index < -0.39 is 5.97 Å². The summed E-state index contributed by atoms with van der Waals surface area (Å²) >= 11 is 0. The predicted molar refractivity (Wildman–Crippen MR) is 113 cm³/mol. The van der Waals surface area contributed by atoms with Crippen molar-refractivity contribution in [2.24, 2.45) is 0 Å². The molecule has 0 atom stereocenters. The lowest BCUT2D eigenvalue weighted by Gasteiger charge is -2.13. The monoisotopic (exact) mass is 403 g/mol. The van der Waals surface area contributed by atoms with Gasteiger partial charge in [0.15, 0.2) is 17.3 Å². The van der Waals surface area contributed by atoms with Gasteiger partial charge in [0.2, 0.25) is 0 Å². The molecule has 1 aromatic heterocycles. The Labute approximate surface area is 174 Å². The number of ether oxygens (including phenoxy) is 3. The summed E-state index contributed by atoms with van der Waals surface area (Å²) in [4.78, 5) is 12.7. The molecule has 30 heavy (non-hydrogen) atoms. The Morgan fingerprint density at radius 2 is 1.70 bits per heavy atom. The molecular formula is C24H21NO5. The molecule has 0 radical (unpaired) electrons. The first-order valence-electron chi connectivity index (χ1n) is 9.44. The van der Waals surface area contributed by atoms with Crippen molar-refractivity contribution in [3.05, 3.63) is 77.4 Å². The second-order valence-electron chi connectivity index (χ2n) is 6.82. The largest absolute Gasteiger partial charge is 0.493 e. The minimum absolute atomic E-state index is 0.123. The number of esters is 1. The van der Waals surface area contributed by atoms with Crippen molar-refractivity contribution in [2.75, 3.05) is 14.2 Å². The number of fused-ring (bicyclic) bond motifs is 1. The summed E-state index contributed by atoms with van der Waals surface area (Å²) in [5, 5.41) is 4.85. The summed E-state index contributed by atoms with van der Waals surface area (Å²) in [6.45, 7) is 2.05. The lowest BCUT2D eigenvalue weighted by molar-refractivity contribution is 0.0472. The Bertz CT molecular complexity index is 1200. The molecule has 1 heterocycles. The Hall–Kier alpha value is -3.80. The zero-order chi connectivity index (χ0) is 21.1. The molecule has 4 rings (SSSR count). The molecule has 6 nitrogen and oxygen atoms in total. The van der Waals surface area contributed by atoms with Gasteiger partial charge >= 0.3 is 5.97 Å². The van der Waals surface area contributed by atoms with Crippen LogP contribution in [0.25, 0.3) is 22.2 Å². The Morgan fingerprint density at radius 3 is 2.43 bits per heavy atom. The molecule has 152 valence electrons. The molecule has 0 bridgehead atoms. The minimum Gasteiger partial charge on any atom is -0.493 e. The third kappa shape index (κ3) is 3.72. The molecular weight excluding hydrogens is 382 g/mol. The van der Waals surface area contributed by atoms with E-state index in [1.807, 2.05) is 49.4 Å². The SMILES string of the molecule is COc1cc(C)c(COC(=O)c2ccc3noc(-c4ccccc4)c3c2)cc1OC. The van der Waals surface area contributed by atoms with Crippen molar-refractivity contribution in [1.29, 1.82) is 0 Å². The van der Waals surface area contributed by atoms with E-state index in [9.17, 15) is 4.79 Å². The van der Waals surface area contributed by atoms with Crippen LogP contribution in [0.15, 0.2) is 65.2 Å². The van der Waals surface area contributed by atoms with Crippen LogP contribution >= 0.6 is 0 Å². The lowest BCUT2D eigenvalue weighted by atomic mass is 10.1. The van der Waals surface area contributed by atoms with E-state index in [4.69, 9.17) is 18.7 Å². The molecule has 0 aliphatic rings. The number of rotatable bonds is 6. The number of aryl methyl sites for hydroxylation is 1. The van der Waals surface area contributed by atoms with Crippen molar-refractivity contribution in [3.8, 4) is 22.8 Å². The van der Waals surface area contributed by atoms with Gasteiger partial charge in [0.05, 0.1) is 25.2 Å². The smallest absolute Gasteiger partial charge is 0.338 e. The molecule has 0 saturated heterocycles. The number of carbonyl (C=O) groups excluding carboxylic acids is 1. The zero-order valence-corrected chi connectivity index (χ0v) is 17.0. The number of hydrogen-bond donors (Lipinski definition) is 0. The first-order chi connectivity index (χ1) is 14.6. The van der Waals surface area contributed by atoms with Crippen LogP contribution in [0.4, 0.5) is 0 Å². The van der Waals surface area contributed by atoms with E-state index in [0.717, 1.165) is 22.1 Å². The molecule has 4 aromatic rings. The van der Waals surface area contributed by atoms with Gasteiger partial charge in [-0.3, -0.25) is 0 Å². The highest BCUT2D eigenvalue weighted by molar-refractivity contribution is 5.98. The number of hydrogen-bond acceptors (Lipinski definition) is 6. The molecule has 3 aromatic carbocycles. The van der Waals surface area contributed by atoms with Gasteiger partial charge in [0.1, 0.15) is 12.1 Å². The fourth-order valence-corrected chi connectivity index (χ4v) is 3.27. The zero-order valence-electron chi connectivity index (χ0n) is 17.0. The number of benzene rings is 3. The average Bonchev–Trinajstić information content (AvgIpc) is 3.21. The van der Waals surface area contributed by atoms with Crippen molar-refractivity contribution < 1.29 is 23.5 Å². The van der Waals surface area contributed by atoms with Gasteiger partial charge in [0, 0.05) is 5.56 Å². The van der Waals surface area contributed by atoms with Crippen LogP contribution in [0.3, 0.4) is 0 Å². The van der Waals surface area contributed by atoms with E-state index in [0.29, 0.717) is 28.3 Å². The van der Waals surface area contributed by atoms with Crippen LogP contribution in [0.2, 0.25) is 0 Å². The van der Waals surface area contributed by atoms with Gasteiger partial charge in [0.25, 0.3) is 0 Å². The highest BCUT2D eigenvalue weighted by atomic mass is 16.5. The first kappa shape index (κ1) is 19.5. The second kappa shape index (κ2) is 8.29. The summed E-state index contributed by atoms with van der Waals surface area (Å²) in [5.74, 6) is 1.42. The fraction of sp³-hybridized carbons (Fsp3) is 0.167. The minimum atomic E-state index is -0.425. The van der Waals surface area contributed by atoms with Crippen molar-refractivity contribution in [1.82, 2.24) is 5.16 Å². The fourth-order valence-electron chi connectivity index (χ4n) is 3.27. The quantitative estimate of drug-likeness (QED) is 0.413. The van der Waals surface area contributed by atoms with Gasteiger partial charge in [-0.05, 0) is 48.4 Å². The van der Waals surface area contributed by atoms with Crippen molar-refractivity contribution >= 4 is 16.9 Å².